The quantitative estimate of drug-likeness (QED) is 0.667. The van der Waals surface area contributed by atoms with Gasteiger partial charge in [0.15, 0.2) is 0 Å². The van der Waals surface area contributed by atoms with Crippen molar-refractivity contribution in [3.63, 3.8) is 0 Å². The molecule has 0 aromatic heterocycles. The summed E-state index contributed by atoms with van der Waals surface area (Å²) in [6.45, 7) is 2.68. The second kappa shape index (κ2) is 7.72. The number of halogens is 1. The molecule has 0 atom stereocenters. The Hall–Kier alpha value is -3.11. The smallest absolute Gasteiger partial charge is 0.258 e. The Morgan fingerprint density at radius 3 is 2.59 bits per heavy atom. The van der Waals surface area contributed by atoms with E-state index in [-0.39, 0.29) is 5.91 Å². The third-order valence-electron chi connectivity index (χ3n) is 5.35. The van der Waals surface area contributed by atoms with Crippen molar-refractivity contribution in [3.8, 4) is 11.1 Å². The van der Waals surface area contributed by atoms with Crippen molar-refractivity contribution in [3.05, 3.63) is 87.9 Å². The molecule has 2 N–H and O–H groups in total. The molecule has 3 aromatic carbocycles. The SMILES string of the molecule is Cc1ccc(C(N)=O)cc1-c1ccc2c(c1)CCCN2C(=O)c1cccc(Cl)c1. The van der Waals surface area contributed by atoms with Gasteiger partial charge in [0.25, 0.3) is 5.91 Å². The highest BCUT2D eigenvalue weighted by Crippen LogP contribution is 2.34. The van der Waals surface area contributed by atoms with E-state index in [4.69, 9.17) is 17.3 Å². The van der Waals surface area contributed by atoms with Crippen LogP contribution >= 0.6 is 11.6 Å². The Kier molecular flexibility index (Phi) is 5.12. The highest BCUT2D eigenvalue weighted by atomic mass is 35.5. The lowest BCUT2D eigenvalue weighted by molar-refractivity contribution is 0.0981. The van der Waals surface area contributed by atoms with Gasteiger partial charge in [-0.1, -0.05) is 29.8 Å². The Labute approximate surface area is 174 Å². The molecule has 0 radical (unpaired) electrons. The minimum atomic E-state index is -0.442. The molecule has 0 aliphatic carbocycles. The first-order chi connectivity index (χ1) is 13.9. The van der Waals surface area contributed by atoms with Crippen LogP contribution < -0.4 is 10.6 Å². The molecule has 4 rings (SSSR count). The number of amides is 2. The first-order valence-corrected chi connectivity index (χ1v) is 9.93. The van der Waals surface area contributed by atoms with Crippen LogP contribution in [0.15, 0.2) is 60.7 Å². The number of carbonyl (C=O) groups is 2. The summed E-state index contributed by atoms with van der Waals surface area (Å²) in [6.07, 6.45) is 1.79. The minimum Gasteiger partial charge on any atom is -0.366 e. The lowest BCUT2D eigenvalue weighted by Crippen LogP contribution is -2.35. The van der Waals surface area contributed by atoms with Gasteiger partial charge in [0.2, 0.25) is 5.91 Å². The Balaban J connectivity index is 1.72. The Bertz CT molecular complexity index is 1120. The number of carbonyl (C=O) groups excluding carboxylic acids is 2. The number of fused-ring (bicyclic) bond motifs is 1. The number of hydrogen-bond donors (Lipinski definition) is 1. The van der Waals surface area contributed by atoms with Gasteiger partial charge in [-0.25, -0.2) is 0 Å². The molecule has 3 aromatic rings. The summed E-state index contributed by atoms with van der Waals surface area (Å²) < 4.78 is 0. The molecule has 0 fully saturated rings. The van der Waals surface area contributed by atoms with Crippen molar-refractivity contribution in [1.82, 2.24) is 0 Å². The van der Waals surface area contributed by atoms with Crippen molar-refractivity contribution in [1.29, 1.82) is 0 Å². The number of rotatable bonds is 3. The summed E-state index contributed by atoms with van der Waals surface area (Å²) in [6, 6.07) is 18.6. The van der Waals surface area contributed by atoms with E-state index in [0.717, 1.165) is 40.8 Å². The highest BCUT2D eigenvalue weighted by molar-refractivity contribution is 6.31. The fraction of sp³-hybridized carbons (Fsp3) is 0.167. The average Bonchev–Trinajstić information content (AvgIpc) is 2.72. The Morgan fingerprint density at radius 1 is 1.00 bits per heavy atom. The molecule has 0 saturated carbocycles. The molecule has 5 heteroatoms. The molecule has 0 bridgehead atoms. The first kappa shape index (κ1) is 19.2. The van der Waals surface area contributed by atoms with Gasteiger partial charge in [0, 0.05) is 28.4 Å². The van der Waals surface area contributed by atoms with Gasteiger partial charge in [-0.3, -0.25) is 9.59 Å². The molecule has 0 spiro atoms. The zero-order valence-corrected chi connectivity index (χ0v) is 16.9. The summed E-state index contributed by atoms with van der Waals surface area (Å²) in [4.78, 5) is 26.5. The second-order valence-electron chi connectivity index (χ2n) is 7.31. The first-order valence-electron chi connectivity index (χ1n) is 9.55. The van der Waals surface area contributed by atoms with Crippen LogP contribution in [0.25, 0.3) is 11.1 Å². The predicted molar refractivity (Wildman–Crippen MR) is 117 cm³/mol. The van der Waals surface area contributed by atoms with Gasteiger partial charge >= 0.3 is 0 Å². The topological polar surface area (TPSA) is 63.4 Å². The van der Waals surface area contributed by atoms with Crippen LogP contribution in [0.2, 0.25) is 5.02 Å². The van der Waals surface area contributed by atoms with Gasteiger partial charge in [0.05, 0.1) is 0 Å². The zero-order valence-electron chi connectivity index (χ0n) is 16.1. The number of hydrogen-bond acceptors (Lipinski definition) is 2. The molecule has 1 heterocycles. The monoisotopic (exact) mass is 404 g/mol. The van der Waals surface area contributed by atoms with E-state index in [1.54, 1.807) is 30.3 Å². The maximum atomic E-state index is 13.1. The number of primary amides is 1. The molecule has 1 aliphatic rings. The molecule has 1 aliphatic heterocycles. The van der Waals surface area contributed by atoms with Crippen molar-refractivity contribution in [2.75, 3.05) is 11.4 Å². The number of anilines is 1. The number of nitrogens with two attached hydrogens (primary N) is 1. The third kappa shape index (κ3) is 3.76. The Morgan fingerprint density at radius 2 is 1.83 bits per heavy atom. The summed E-state index contributed by atoms with van der Waals surface area (Å²) in [5, 5.41) is 0.549. The van der Waals surface area contributed by atoms with Crippen LogP contribution in [-0.4, -0.2) is 18.4 Å². The lowest BCUT2D eigenvalue weighted by Gasteiger charge is -2.30. The van der Waals surface area contributed by atoms with Crippen molar-refractivity contribution in [2.24, 2.45) is 5.73 Å². The molecular weight excluding hydrogens is 384 g/mol. The van der Waals surface area contributed by atoms with Crippen LogP contribution in [0, 0.1) is 6.92 Å². The van der Waals surface area contributed by atoms with Crippen molar-refractivity contribution < 1.29 is 9.59 Å². The lowest BCUT2D eigenvalue weighted by atomic mass is 9.93. The van der Waals surface area contributed by atoms with E-state index in [1.165, 1.54) is 0 Å². The van der Waals surface area contributed by atoms with E-state index in [1.807, 2.05) is 36.1 Å². The second-order valence-corrected chi connectivity index (χ2v) is 7.74. The summed E-state index contributed by atoms with van der Waals surface area (Å²) in [5.41, 5.74) is 11.6. The van der Waals surface area contributed by atoms with Gasteiger partial charge in [-0.05, 0) is 84.5 Å². The standard InChI is InChI=1S/C24H21ClN2O2/c1-15-7-8-18(23(26)28)14-21(15)16-9-10-22-17(12-16)5-3-11-27(22)24(29)19-4-2-6-20(25)13-19/h2,4,6-10,12-14H,3,5,11H2,1H3,(H2,26,28). The van der Waals surface area contributed by atoms with E-state index >= 15 is 0 Å². The van der Waals surface area contributed by atoms with Gasteiger partial charge in [0.1, 0.15) is 0 Å². The normalized spacial score (nSPS) is 13.1. The van der Waals surface area contributed by atoms with E-state index in [9.17, 15) is 9.59 Å². The summed E-state index contributed by atoms with van der Waals surface area (Å²) in [5.74, 6) is -0.490. The maximum absolute atomic E-state index is 13.1. The van der Waals surface area contributed by atoms with Gasteiger partial charge in [-0.15, -0.1) is 0 Å². The number of nitrogens with zero attached hydrogens (tertiary/aromatic N) is 1. The molecule has 0 unspecified atom stereocenters. The number of aryl methyl sites for hydroxylation is 2. The number of benzene rings is 3. The van der Waals surface area contributed by atoms with E-state index < -0.39 is 5.91 Å². The molecule has 2 amide bonds. The minimum absolute atomic E-state index is 0.0480. The largest absolute Gasteiger partial charge is 0.366 e. The van der Waals surface area contributed by atoms with Crippen molar-refractivity contribution in [2.45, 2.75) is 19.8 Å². The average molecular weight is 405 g/mol. The molecular formula is C24H21ClN2O2. The fourth-order valence-electron chi connectivity index (χ4n) is 3.84. The fourth-order valence-corrected chi connectivity index (χ4v) is 4.03. The van der Waals surface area contributed by atoms with E-state index in [2.05, 4.69) is 6.07 Å². The third-order valence-corrected chi connectivity index (χ3v) is 5.58. The zero-order chi connectivity index (χ0) is 20.5. The summed E-state index contributed by atoms with van der Waals surface area (Å²) in [7, 11) is 0. The van der Waals surface area contributed by atoms with Crippen LogP contribution in [0.3, 0.4) is 0 Å². The van der Waals surface area contributed by atoms with Gasteiger partial charge < -0.3 is 10.6 Å². The maximum Gasteiger partial charge on any atom is 0.258 e. The van der Waals surface area contributed by atoms with Gasteiger partial charge in [-0.2, -0.15) is 0 Å². The predicted octanol–water partition coefficient (Wildman–Crippen LogP) is 5.01. The van der Waals surface area contributed by atoms with Crippen LogP contribution in [0.5, 0.6) is 0 Å². The summed E-state index contributed by atoms with van der Waals surface area (Å²) >= 11 is 6.06. The van der Waals surface area contributed by atoms with Crippen LogP contribution in [-0.2, 0) is 6.42 Å². The molecule has 146 valence electrons. The molecule has 0 saturated heterocycles. The van der Waals surface area contributed by atoms with E-state index in [0.29, 0.717) is 22.7 Å². The van der Waals surface area contributed by atoms with Crippen molar-refractivity contribution >= 4 is 29.1 Å². The van der Waals surface area contributed by atoms with Crippen LogP contribution in [0.1, 0.15) is 38.3 Å². The molecule has 29 heavy (non-hydrogen) atoms. The molecule has 4 nitrogen and oxygen atoms in total. The highest BCUT2D eigenvalue weighted by Gasteiger charge is 2.24. The van der Waals surface area contributed by atoms with Crippen LogP contribution in [0.4, 0.5) is 5.69 Å².